The van der Waals surface area contributed by atoms with Gasteiger partial charge in [0.15, 0.2) is 0 Å². The normalized spacial score (nSPS) is 20.3. The van der Waals surface area contributed by atoms with Crippen molar-refractivity contribution < 1.29 is 0 Å². The lowest BCUT2D eigenvalue weighted by Crippen LogP contribution is -2.34. The van der Waals surface area contributed by atoms with E-state index >= 15 is 0 Å². The molecule has 2 atom stereocenters. The number of aromatic nitrogens is 2. The Morgan fingerprint density at radius 1 is 1.53 bits per heavy atom. The van der Waals surface area contributed by atoms with Gasteiger partial charge in [0.05, 0.1) is 0 Å². The number of aryl methyl sites for hydroxylation is 1. The van der Waals surface area contributed by atoms with E-state index in [4.69, 9.17) is 0 Å². The second-order valence-electron chi connectivity index (χ2n) is 5.37. The van der Waals surface area contributed by atoms with Crippen molar-refractivity contribution in [3.8, 4) is 0 Å². The Hall–Kier alpha value is -1.36. The van der Waals surface area contributed by atoms with Gasteiger partial charge in [0.2, 0.25) is 0 Å². The molecule has 0 amide bonds. The van der Waals surface area contributed by atoms with Crippen LogP contribution in [0.1, 0.15) is 32.5 Å². The molecule has 1 aromatic rings. The lowest BCUT2D eigenvalue weighted by atomic mass is 10.2. The second kappa shape index (κ2) is 6.19. The van der Waals surface area contributed by atoms with Gasteiger partial charge in [-0.25, -0.2) is 9.97 Å². The van der Waals surface area contributed by atoms with Crippen LogP contribution in [-0.4, -0.2) is 42.2 Å². The molecule has 0 aromatic carbocycles. The SMILES string of the molecule is CCC(C)Nc1cc(N(C)C2CCNC2)nc(C)n1. The predicted octanol–water partition coefficient (Wildman–Crippen LogP) is 1.79. The molecule has 5 nitrogen and oxygen atoms in total. The Morgan fingerprint density at radius 2 is 2.32 bits per heavy atom. The maximum Gasteiger partial charge on any atom is 0.134 e. The van der Waals surface area contributed by atoms with Crippen molar-refractivity contribution in [1.29, 1.82) is 0 Å². The van der Waals surface area contributed by atoms with E-state index in [0.29, 0.717) is 12.1 Å². The molecule has 0 spiro atoms. The maximum atomic E-state index is 4.56. The smallest absolute Gasteiger partial charge is 0.134 e. The van der Waals surface area contributed by atoms with E-state index in [1.54, 1.807) is 0 Å². The highest BCUT2D eigenvalue weighted by molar-refractivity contribution is 5.50. The van der Waals surface area contributed by atoms with Gasteiger partial charge in [-0.05, 0) is 33.2 Å². The van der Waals surface area contributed by atoms with Crippen molar-refractivity contribution in [2.24, 2.45) is 0 Å². The quantitative estimate of drug-likeness (QED) is 0.848. The Labute approximate surface area is 115 Å². The predicted molar refractivity (Wildman–Crippen MR) is 79.8 cm³/mol. The zero-order chi connectivity index (χ0) is 13.8. The van der Waals surface area contributed by atoms with Crippen LogP contribution < -0.4 is 15.5 Å². The molecule has 2 heterocycles. The van der Waals surface area contributed by atoms with Gasteiger partial charge in [-0.3, -0.25) is 0 Å². The van der Waals surface area contributed by atoms with Crippen molar-refractivity contribution in [2.75, 3.05) is 30.4 Å². The zero-order valence-electron chi connectivity index (χ0n) is 12.4. The van der Waals surface area contributed by atoms with Gasteiger partial charge in [0.1, 0.15) is 17.5 Å². The number of likely N-dealkylation sites (N-methyl/N-ethyl adjacent to an activating group) is 1. The average molecular weight is 263 g/mol. The van der Waals surface area contributed by atoms with Crippen LogP contribution in [0.15, 0.2) is 6.07 Å². The van der Waals surface area contributed by atoms with Crippen LogP contribution in [0.4, 0.5) is 11.6 Å². The molecule has 106 valence electrons. The molecule has 1 aliphatic heterocycles. The van der Waals surface area contributed by atoms with Crippen molar-refractivity contribution in [2.45, 2.75) is 45.7 Å². The van der Waals surface area contributed by atoms with E-state index in [1.807, 2.05) is 6.92 Å². The lowest BCUT2D eigenvalue weighted by Gasteiger charge is -2.25. The van der Waals surface area contributed by atoms with E-state index in [0.717, 1.165) is 37.0 Å². The number of hydrogen-bond acceptors (Lipinski definition) is 5. The number of hydrogen-bond donors (Lipinski definition) is 2. The molecule has 19 heavy (non-hydrogen) atoms. The molecule has 2 rings (SSSR count). The molecular weight excluding hydrogens is 238 g/mol. The first-order chi connectivity index (χ1) is 9.10. The topological polar surface area (TPSA) is 53.1 Å². The third-order valence-electron chi connectivity index (χ3n) is 3.77. The fourth-order valence-corrected chi connectivity index (χ4v) is 2.32. The summed E-state index contributed by atoms with van der Waals surface area (Å²) in [4.78, 5) is 11.3. The Kier molecular flexibility index (Phi) is 4.58. The van der Waals surface area contributed by atoms with Crippen LogP contribution in [0.5, 0.6) is 0 Å². The third kappa shape index (κ3) is 3.56. The first-order valence-electron chi connectivity index (χ1n) is 7.16. The summed E-state index contributed by atoms with van der Waals surface area (Å²) in [6.45, 7) is 8.42. The number of nitrogens with one attached hydrogen (secondary N) is 2. The summed E-state index contributed by atoms with van der Waals surface area (Å²) in [5.74, 6) is 2.75. The minimum absolute atomic E-state index is 0.431. The van der Waals surface area contributed by atoms with E-state index in [-0.39, 0.29) is 0 Å². The van der Waals surface area contributed by atoms with Gasteiger partial charge < -0.3 is 15.5 Å². The maximum absolute atomic E-state index is 4.56. The van der Waals surface area contributed by atoms with E-state index in [2.05, 4.69) is 52.5 Å². The molecule has 1 aromatic heterocycles. The van der Waals surface area contributed by atoms with Gasteiger partial charge in [-0.2, -0.15) is 0 Å². The summed E-state index contributed by atoms with van der Waals surface area (Å²) >= 11 is 0. The van der Waals surface area contributed by atoms with Crippen LogP contribution >= 0.6 is 0 Å². The standard InChI is InChI=1S/C14H25N5/c1-5-10(2)16-13-8-14(18-11(3)17-13)19(4)12-6-7-15-9-12/h8,10,12,15H,5-7,9H2,1-4H3,(H,16,17,18). The zero-order valence-corrected chi connectivity index (χ0v) is 12.4. The fraction of sp³-hybridized carbons (Fsp3) is 0.714. The largest absolute Gasteiger partial charge is 0.367 e. The Bertz CT molecular complexity index is 414. The summed E-state index contributed by atoms with van der Waals surface area (Å²) in [5.41, 5.74) is 0. The van der Waals surface area contributed by atoms with Crippen molar-refractivity contribution >= 4 is 11.6 Å². The minimum atomic E-state index is 0.431. The first-order valence-corrected chi connectivity index (χ1v) is 7.16. The highest BCUT2D eigenvalue weighted by Gasteiger charge is 2.21. The third-order valence-corrected chi connectivity index (χ3v) is 3.77. The fourth-order valence-electron chi connectivity index (χ4n) is 2.32. The van der Waals surface area contributed by atoms with Crippen LogP contribution in [0.25, 0.3) is 0 Å². The molecule has 2 N–H and O–H groups in total. The van der Waals surface area contributed by atoms with Crippen molar-refractivity contribution in [1.82, 2.24) is 15.3 Å². The molecule has 0 saturated carbocycles. The number of nitrogens with zero attached hydrogens (tertiary/aromatic N) is 3. The second-order valence-corrected chi connectivity index (χ2v) is 5.37. The lowest BCUT2D eigenvalue weighted by molar-refractivity contribution is 0.675. The van der Waals surface area contributed by atoms with Crippen LogP contribution in [0.2, 0.25) is 0 Å². The van der Waals surface area contributed by atoms with Gasteiger partial charge in [0, 0.05) is 31.7 Å². The van der Waals surface area contributed by atoms with Crippen molar-refractivity contribution in [3.05, 3.63) is 11.9 Å². The number of rotatable bonds is 5. The van der Waals surface area contributed by atoms with E-state index in [1.165, 1.54) is 6.42 Å². The highest BCUT2D eigenvalue weighted by Crippen LogP contribution is 2.19. The summed E-state index contributed by atoms with van der Waals surface area (Å²) in [5, 5.41) is 6.82. The van der Waals surface area contributed by atoms with Crippen LogP contribution in [0, 0.1) is 6.92 Å². The van der Waals surface area contributed by atoms with Gasteiger partial charge in [-0.15, -0.1) is 0 Å². The molecule has 0 bridgehead atoms. The molecule has 2 unspecified atom stereocenters. The molecule has 0 aliphatic carbocycles. The van der Waals surface area contributed by atoms with Gasteiger partial charge in [-0.1, -0.05) is 6.92 Å². The molecule has 1 aliphatic rings. The monoisotopic (exact) mass is 263 g/mol. The molecule has 1 fully saturated rings. The molecular formula is C14H25N5. The Morgan fingerprint density at radius 3 is 2.95 bits per heavy atom. The average Bonchev–Trinajstić information content (AvgIpc) is 2.90. The summed E-state index contributed by atoms with van der Waals surface area (Å²) in [7, 11) is 2.12. The van der Waals surface area contributed by atoms with Crippen LogP contribution in [-0.2, 0) is 0 Å². The minimum Gasteiger partial charge on any atom is -0.367 e. The Balaban J connectivity index is 2.15. The highest BCUT2D eigenvalue weighted by atomic mass is 15.2. The first kappa shape index (κ1) is 14.1. The van der Waals surface area contributed by atoms with Crippen molar-refractivity contribution in [3.63, 3.8) is 0 Å². The van der Waals surface area contributed by atoms with Gasteiger partial charge in [0.25, 0.3) is 0 Å². The van der Waals surface area contributed by atoms with E-state index < -0.39 is 0 Å². The van der Waals surface area contributed by atoms with Gasteiger partial charge >= 0.3 is 0 Å². The van der Waals surface area contributed by atoms with E-state index in [9.17, 15) is 0 Å². The molecule has 0 radical (unpaired) electrons. The summed E-state index contributed by atoms with van der Waals surface area (Å²) < 4.78 is 0. The van der Waals surface area contributed by atoms with Crippen LogP contribution in [0.3, 0.4) is 0 Å². The number of anilines is 2. The molecule has 1 saturated heterocycles. The summed E-state index contributed by atoms with van der Waals surface area (Å²) in [6.07, 6.45) is 2.26. The molecule has 5 heteroatoms. The summed E-state index contributed by atoms with van der Waals surface area (Å²) in [6, 6.07) is 3.02.